The van der Waals surface area contributed by atoms with Crippen LogP contribution in [0.3, 0.4) is 0 Å². The molecule has 2 aromatic heterocycles. The van der Waals surface area contributed by atoms with Crippen LogP contribution in [-0.4, -0.2) is 21.2 Å². The van der Waals surface area contributed by atoms with Crippen molar-refractivity contribution in [2.75, 3.05) is 5.32 Å². The molecule has 0 saturated carbocycles. The fraction of sp³-hybridized carbons (Fsp3) is 0.250. The highest BCUT2D eigenvalue weighted by Crippen LogP contribution is 2.20. The standard InChI is InChI=1S/C16H16N4O3/c1-10-5-3-4-6-12(10)16-18-15(23-20-16)8-7-14(21)17-13-9-11(2)22-19-13/h3-6,9H,7-8H2,1-2H3,(H,17,19,21). The highest BCUT2D eigenvalue weighted by atomic mass is 16.5. The van der Waals surface area contributed by atoms with Gasteiger partial charge in [0.05, 0.1) is 0 Å². The zero-order chi connectivity index (χ0) is 16.2. The van der Waals surface area contributed by atoms with E-state index in [-0.39, 0.29) is 12.3 Å². The smallest absolute Gasteiger partial charge is 0.227 e. The number of nitrogens with zero attached hydrogens (tertiary/aromatic N) is 3. The van der Waals surface area contributed by atoms with Gasteiger partial charge in [0, 0.05) is 24.5 Å². The SMILES string of the molecule is Cc1cc(NC(=O)CCc2nc(-c3ccccc3C)no2)no1. The second kappa shape index (κ2) is 6.43. The molecule has 0 saturated heterocycles. The van der Waals surface area contributed by atoms with Crippen LogP contribution in [0.2, 0.25) is 0 Å². The van der Waals surface area contributed by atoms with Gasteiger partial charge in [-0.2, -0.15) is 4.98 Å². The van der Waals surface area contributed by atoms with E-state index >= 15 is 0 Å². The molecule has 1 aromatic carbocycles. The molecule has 1 N–H and O–H groups in total. The molecule has 7 nitrogen and oxygen atoms in total. The van der Waals surface area contributed by atoms with E-state index in [1.54, 1.807) is 13.0 Å². The normalized spacial score (nSPS) is 10.7. The van der Waals surface area contributed by atoms with Crippen LogP contribution in [-0.2, 0) is 11.2 Å². The van der Waals surface area contributed by atoms with Crippen molar-refractivity contribution in [1.29, 1.82) is 0 Å². The van der Waals surface area contributed by atoms with Crippen molar-refractivity contribution >= 4 is 11.7 Å². The first-order valence-electron chi connectivity index (χ1n) is 7.23. The lowest BCUT2D eigenvalue weighted by atomic mass is 10.1. The Balaban J connectivity index is 1.59. The predicted molar refractivity (Wildman–Crippen MR) is 82.7 cm³/mol. The Morgan fingerprint density at radius 3 is 2.74 bits per heavy atom. The van der Waals surface area contributed by atoms with Crippen molar-refractivity contribution in [3.63, 3.8) is 0 Å². The van der Waals surface area contributed by atoms with Crippen molar-refractivity contribution in [2.45, 2.75) is 26.7 Å². The molecule has 3 aromatic rings. The Hall–Kier alpha value is -2.96. The van der Waals surface area contributed by atoms with Gasteiger partial charge in [-0.25, -0.2) is 0 Å². The first kappa shape index (κ1) is 15.0. The summed E-state index contributed by atoms with van der Waals surface area (Å²) in [4.78, 5) is 16.2. The number of benzene rings is 1. The van der Waals surface area contributed by atoms with E-state index in [4.69, 9.17) is 9.05 Å². The molecular formula is C16H16N4O3. The molecule has 1 amide bonds. The van der Waals surface area contributed by atoms with E-state index in [1.165, 1.54) is 0 Å². The molecule has 7 heteroatoms. The van der Waals surface area contributed by atoms with E-state index in [0.29, 0.717) is 29.7 Å². The van der Waals surface area contributed by atoms with E-state index in [2.05, 4.69) is 20.6 Å². The number of rotatable bonds is 5. The summed E-state index contributed by atoms with van der Waals surface area (Å²) < 4.78 is 10.1. The molecule has 0 atom stereocenters. The molecule has 118 valence electrons. The zero-order valence-corrected chi connectivity index (χ0v) is 12.9. The Labute approximate surface area is 132 Å². The third-order valence-electron chi connectivity index (χ3n) is 3.32. The van der Waals surface area contributed by atoms with Crippen LogP contribution in [0.15, 0.2) is 39.4 Å². The average molecular weight is 312 g/mol. The summed E-state index contributed by atoms with van der Waals surface area (Å²) in [5.74, 6) is 1.81. The van der Waals surface area contributed by atoms with Gasteiger partial charge >= 0.3 is 0 Å². The summed E-state index contributed by atoms with van der Waals surface area (Å²) in [6.07, 6.45) is 0.586. The number of carbonyl (C=O) groups excluding carboxylic acids is 1. The lowest BCUT2D eigenvalue weighted by molar-refractivity contribution is -0.116. The maximum atomic E-state index is 11.8. The first-order valence-corrected chi connectivity index (χ1v) is 7.23. The second-order valence-electron chi connectivity index (χ2n) is 5.20. The molecule has 0 aliphatic carbocycles. The number of hydrogen-bond acceptors (Lipinski definition) is 6. The number of amides is 1. The lowest BCUT2D eigenvalue weighted by Gasteiger charge is -1.99. The van der Waals surface area contributed by atoms with E-state index in [9.17, 15) is 4.79 Å². The Morgan fingerprint density at radius 2 is 2.00 bits per heavy atom. The van der Waals surface area contributed by atoms with Crippen molar-refractivity contribution < 1.29 is 13.8 Å². The Kier molecular flexibility index (Phi) is 4.18. The van der Waals surface area contributed by atoms with Crippen molar-refractivity contribution in [2.24, 2.45) is 0 Å². The van der Waals surface area contributed by atoms with Crippen LogP contribution in [0.4, 0.5) is 5.82 Å². The first-order chi connectivity index (χ1) is 11.1. The molecule has 0 aliphatic rings. The third kappa shape index (κ3) is 3.63. The van der Waals surface area contributed by atoms with Gasteiger partial charge in [0.15, 0.2) is 5.82 Å². The minimum absolute atomic E-state index is 0.186. The van der Waals surface area contributed by atoms with Gasteiger partial charge in [-0.15, -0.1) is 0 Å². The van der Waals surface area contributed by atoms with Crippen LogP contribution < -0.4 is 5.32 Å². The van der Waals surface area contributed by atoms with Crippen LogP contribution in [0.5, 0.6) is 0 Å². The maximum Gasteiger partial charge on any atom is 0.227 e. The van der Waals surface area contributed by atoms with Crippen LogP contribution in [0.25, 0.3) is 11.4 Å². The number of carbonyl (C=O) groups is 1. The van der Waals surface area contributed by atoms with E-state index in [0.717, 1.165) is 11.1 Å². The van der Waals surface area contributed by atoms with Crippen LogP contribution in [0.1, 0.15) is 23.6 Å². The number of aromatic nitrogens is 3. The summed E-state index contributed by atoms with van der Waals surface area (Å²) in [5, 5.41) is 10.3. The van der Waals surface area contributed by atoms with Gasteiger partial charge in [0.1, 0.15) is 5.76 Å². The minimum Gasteiger partial charge on any atom is -0.360 e. The third-order valence-corrected chi connectivity index (χ3v) is 3.32. The molecule has 0 spiro atoms. The summed E-state index contributed by atoms with van der Waals surface area (Å²) in [5.41, 5.74) is 1.99. The summed E-state index contributed by atoms with van der Waals surface area (Å²) in [6, 6.07) is 9.45. The van der Waals surface area contributed by atoms with Gasteiger partial charge in [0.25, 0.3) is 0 Å². The largest absolute Gasteiger partial charge is 0.360 e. The number of aryl methyl sites for hydroxylation is 3. The summed E-state index contributed by atoms with van der Waals surface area (Å²) in [6.45, 7) is 3.74. The minimum atomic E-state index is -0.186. The molecule has 2 heterocycles. The molecular weight excluding hydrogens is 296 g/mol. The Bertz CT molecular complexity index is 822. The van der Waals surface area contributed by atoms with Crippen molar-refractivity contribution in [3.8, 4) is 11.4 Å². The highest BCUT2D eigenvalue weighted by Gasteiger charge is 2.12. The average Bonchev–Trinajstić information content (AvgIpc) is 3.15. The quantitative estimate of drug-likeness (QED) is 0.778. The molecule has 0 fully saturated rings. The van der Waals surface area contributed by atoms with Crippen molar-refractivity contribution in [1.82, 2.24) is 15.3 Å². The van der Waals surface area contributed by atoms with Gasteiger partial charge < -0.3 is 14.4 Å². The maximum absolute atomic E-state index is 11.8. The van der Waals surface area contributed by atoms with Gasteiger partial charge in [-0.1, -0.05) is 34.6 Å². The molecule has 0 radical (unpaired) electrons. The zero-order valence-electron chi connectivity index (χ0n) is 12.9. The van der Waals surface area contributed by atoms with Gasteiger partial charge in [-0.05, 0) is 19.4 Å². The molecule has 3 rings (SSSR count). The number of nitrogens with one attached hydrogen (secondary N) is 1. The molecule has 0 unspecified atom stereocenters. The van der Waals surface area contributed by atoms with E-state index < -0.39 is 0 Å². The van der Waals surface area contributed by atoms with Crippen molar-refractivity contribution in [3.05, 3.63) is 47.5 Å². The van der Waals surface area contributed by atoms with Gasteiger partial charge in [-0.3, -0.25) is 4.79 Å². The molecule has 0 aliphatic heterocycles. The van der Waals surface area contributed by atoms with Crippen LogP contribution in [0, 0.1) is 13.8 Å². The fourth-order valence-corrected chi connectivity index (χ4v) is 2.14. The molecule has 0 bridgehead atoms. The van der Waals surface area contributed by atoms with Gasteiger partial charge in [0.2, 0.25) is 17.6 Å². The van der Waals surface area contributed by atoms with Crippen LogP contribution >= 0.6 is 0 Å². The highest BCUT2D eigenvalue weighted by molar-refractivity contribution is 5.89. The summed E-state index contributed by atoms with van der Waals surface area (Å²) >= 11 is 0. The summed E-state index contributed by atoms with van der Waals surface area (Å²) in [7, 11) is 0. The lowest BCUT2D eigenvalue weighted by Crippen LogP contribution is -2.12. The monoisotopic (exact) mass is 312 g/mol. The fourth-order valence-electron chi connectivity index (χ4n) is 2.14. The predicted octanol–water partition coefficient (Wildman–Crippen LogP) is 2.91. The van der Waals surface area contributed by atoms with E-state index in [1.807, 2.05) is 31.2 Å². The molecule has 23 heavy (non-hydrogen) atoms. The topological polar surface area (TPSA) is 94.1 Å². The Morgan fingerprint density at radius 1 is 1.17 bits per heavy atom. The second-order valence-corrected chi connectivity index (χ2v) is 5.20. The number of anilines is 1. The number of hydrogen-bond donors (Lipinski definition) is 1.